The van der Waals surface area contributed by atoms with E-state index in [1.807, 2.05) is 0 Å². The van der Waals surface area contributed by atoms with Gasteiger partial charge in [0.05, 0.1) is 18.2 Å². The van der Waals surface area contributed by atoms with Gasteiger partial charge < -0.3 is 9.84 Å². The number of rotatable bonds is 5. The standard InChI is InChI=1S/C15H13N3O5/c1-23-13-5-2-10(3-6-13)15(20)17-16-9-11-8-12(18(21)22)4-7-14(11)19/h2-9,19H,1H3,(H,17,20)/b16-9+. The highest BCUT2D eigenvalue weighted by Gasteiger charge is 2.09. The maximum Gasteiger partial charge on any atom is 0.271 e. The number of methoxy groups -OCH3 is 1. The number of hydrogen-bond acceptors (Lipinski definition) is 6. The van der Waals surface area contributed by atoms with Gasteiger partial charge in [-0.15, -0.1) is 0 Å². The fraction of sp³-hybridized carbons (Fsp3) is 0.0667. The van der Waals surface area contributed by atoms with Crippen LogP contribution in [0.4, 0.5) is 5.69 Å². The second-order valence-corrected chi connectivity index (χ2v) is 4.43. The van der Waals surface area contributed by atoms with Crippen LogP contribution in [0.1, 0.15) is 15.9 Å². The maximum atomic E-state index is 11.9. The van der Waals surface area contributed by atoms with Gasteiger partial charge in [-0.1, -0.05) is 0 Å². The second kappa shape index (κ2) is 7.03. The van der Waals surface area contributed by atoms with E-state index in [1.165, 1.54) is 19.2 Å². The lowest BCUT2D eigenvalue weighted by Crippen LogP contribution is -2.17. The van der Waals surface area contributed by atoms with Gasteiger partial charge in [0.15, 0.2) is 0 Å². The van der Waals surface area contributed by atoms with E-state index in [-0.39, 0.29) is 17.0 Å². The van der Waals surface area contributed by atoms with E-state index < -0.39 is 10.8 Å². The zero-order chi connectivity index (χ0) is 16.8. The highest BCUT2D eigenvalue weighted by Crippen LogP contribution is 2.21. The van der Waals surface area contributed by atoms with Crippen LogP contribution < -0.4 is 10.2 Å². The molecule has 0 saturated heterocycles. The summed E-state index contributed by atoms with van der Waals surface area (Å²) in [6, 6.07) is 9.89. The Morgan fingerprint density at radius 3 is 2.61 bits per heavy atom. The molecular formula is C15H13N3O5. The van der Waals surface area contributed by atoms with Crippen LogP contribution >= 0.6 is 0 Å². The third-order valence-electron chi connectivity index (χ3n) is 2.94. The number of nitro groups is 1. The van der Waals surface area contributed by atoms with Crippen molar-refractivity contribution in [3.8, 4) is 11.5 Å². The lowest BCUT2D eigenvalue weighted by molar-refractivity contribution is -0.384. The van der Waals surface area contributed by atoms with Gasteiger partial charge >= 0.3 is 0 Å². The Hall–Kier alpha value is -3.42. The van der Waals surface area contributed by atoms with Gasteiger partial charge in [-0.05, 0) is 30.3 Å². The lowest BCUT2D eigenvalue weighted by atomic mass is 10.2. The highest BCUT2D eigenvalue weighted by molar-refractivity contribution is 5.95. The van der Waals surface area contributed by atoms with E-state index in [4.69, 9.17) is 4.74 Å². The van der Waals surface area contributed by atoms with Crippen LogP contribution in [0.5, 0.6) is 11.5 Å². The molecule has 0 aliphatic rings. The number of carbonyl (C=O) groups excluding carboxylic acids is 1. The van der Waals surface area contributed by atoms with Crippen LogP contribution in [0.3, 0.4) is 0 Å². The number of benzene rings is 2. The number of non-ortho nitro benzene ring substituents is 1. The normalized spacial score (nSPS) is 10.5. The second-order valence-electron chi connectivity index (χ2n) is 4.43. The van der Waals surface area contributed by atoms with Gasteiger partial charge in [-0.25, -0.2) is 5.43 Å². The number of hydrazone groups is 1. The smallest absolute Gasteiger partial charge is 0.271 e. The molecule has 0 radical (unpaired) electrons. The Labute approximate surface area is 131 Å². The fourth-order valence-corrected chi connectivity index (χ4v) is 1.73. The first-order valence-corrected chi connectivity index (χ1v) is 6.46. The number of nitro benzene ring substituents is 1. The average Bonchev–Trinajstić information content (AvgIpc) is 2.56. The number of nitrogens with one attached hydrogen (secondary N) is 1. The molecular weight excluding hydrogens is 302 g/mol. The largest absolute Gasteiger partial charge is 0.507 e. The van der Waals surface area contributed by atoms with Crippen molar-refractivity contribution < 1.29 is 19.6 Å². The number of phenolic OH excluding ortho intramolecular Hbond substituents is 1. The van der Waals surface area contributed by atoms with Crippen LogP contribution in [0, 0.1) is 10.1 Å². The van der Waals surface area contributed by atoms with Crippen LogP contribution in [-0.4, -0.2) is 29.3 Å². The molecule has 118 valence electrons. The van der Waals surface area contributed by atoms with E-state index in [1.54, 1.807) is 24.3 Å². The summed E-state index contributed by atoms with van der Waals surface area (Å²) in [5.74, 6) is -0.0292. The molecule has 0 heterocycles. The molecule has 0 atom stereocenters. The van der Waals surface area contributed by atoms with Gasteiger partial charge in [0.25, 0.3) is 11.6 Å². The number of phenols is 1. The zero-order valence-corrected chi connectivity index (χ0v) is 12.1. The zero-order valence-electron chi connectivity index (χ0n) is 12.1. The number of carbonyl (C=O) groups is 1. The van der Waals surface area contributed by atoms with E-state index in [0.717, 1.165) is 12.3 Å². The Morgan fingerprint density at radius 1 is 1.30 bits per heavy atom. The first-order valence-electron chi connectivity index (χ1n) is 6.46. The van der Waals surface area contributed by atoms with Gasteiger partial charge in [0.1, 0.15) is 11.5 Å². The minimum Gasteiger partial charge on any atom is -0.507 e. The van der Waals surface area contributed by atoms with Crippen LogP contribution in [-0.2, 0) is 0 Å². The van der Waals surface area contributed by atoms with Gasteiger partial charge in [0.2, 0.25) is 0 Å². The summed E-state index contributed by atoms with van der Waals surface area (Å²) < 4.78 is 4.99. The number of amides is 1. The van der Waals surface area contributed by atoms with Crippen molar-refractivity contribution in [3.05, 3.63) is 63.7 Å². The Kier molecular flexibility index (Phi) is 4.88. The van der Waals surface area contributed by atoms with Gasteiger partial charge in [-0.2, -0.15) is 5.10 Å². The summed E-state index contributed by atoms with van der Waals surface area (Å²) >= 11 is 0. The molecule has 1 amide bonds. The first kappa shape index (κ1) is 16.0. The fourth-order valence-electron chi connectivity index (χ4n) is 1.73. The van der Waals surface area contributed by atoms with Gasteiger partial charge in [0, 0.05) is 23.3 Å². The molecule has 2 N–H and O–H groups in total. The van der Waals surface area contributed by atoms with E-state index >= 15 is 0 Å². The summed E-state index contributed by atoms with van der Waals surface area (Å²) in [5, 5.41) is 24.0. The van der Waals surface area contributed by atoms with E-state index in [2.05, 4.69) is 10.5 Å². The molecule has 2 rings (SSSR count). The molecule has 0 spiro atoms. The van der Waals surface area contributed by atoms with Crippen molar-refractivity contribution >= 4 is 17.8 Å². The topological polar surface area (TPSA) is 114 Å². The number of hydrogen-bond donors (Lipinski definition) is 2. The highest BCUT2D eigenvalue weighted by atomic mass is 16.6. The SMILES string of the molecule is COc1ccc(C(=O)N/N=C/c2cc([N+](=O)[O-])ccc2O)cc1. The molecule has 2 aromatic rings. The molecule has 0 bridgehead atoms. The van der Waals surface area contributed by atoms with Crippen LogP contribution in [0.15, 0.2) is 47.6 Å². The monoisotopic (exact) mass is 315 g/mol. The third-order valence-corrected chi connectivity index (χ3v) is 2.94. The van der Waals surface area contributed by atoms with Crippen LogP contribution in [0.25, 0.3) is 0 Å². The molecule has 8 nitrogen and oxygen atoms in total. The molecule has 0 aliphatic carbocycles. The molecule has 0 fully saturated rings. The van der Waals surface area contributed by atoms with Crippen molar-refractivity contribution in [2.24, 2.45) is 5.10 Å². The molecule has 0 aromatic heterocycles. The summed E-state index contributed by atoms with van der Waals surface area (Å²) in [6.45, 7) is 0. The molecule has 0 aliphatic heterocycles. The van der Waals surface area contributed by atoms with E-state index in [0.29, 0.717) is 11.3 Å². The minimum atomic E-state index is -0.591. The quantitative estimate of drug-likeness (QED) is 0.498. The van der Waals surface area contributed by atoms with Crippen LogP contribution in [0.2, 0.25) is 0 Å². The summed E-state index contributed by atoms with van der Waals surface area (Å²) in [5.41, 5.74) is 2.57. The average molecular weight is 315 g/mol. The predicted molar refractivity (Wildman–Crippen MR) is 82.8 cm³/mol. The maximum absolute atomic E-state index is 11.9. The number of nitrogens with zero attached hydrogens (tertiary/aromatic N) is 2. The predicted octanol–water partition coefficient (Wildman–Crippen LogP) is 2.07. The van der Waals surface area contributed by atoms with Crippen molar-refractivity contribution in [1.29, 1.82) is 0 Å². The third kappa shape index (κ3) is 4.03. The Morgan fingerprint density at radius 2 is 2.00 bits per heavy atom. The first-order chi connectivity index (χ1) is 11.0. The number of ether oxygens (including phenoxy) is 1. The van der Waals surface area contributed by atoms with Crippen molar-refractivity contribution in [1.82, 2.24) is 5.43 Å². The summed E-state index contributed by atoms with van der Waals surface area (Å²) in [7, 11) is 1.52. The van der Waals surface area contributed by atoms with Crippen molar-refractivity contribution in [3.63, 3.8) is 0 Å². The van der Waals surface area contributed by atoms with Gasteiger partial charge in [-0.3, -0.25) is 14.9 Å². The molecule has 8 heteroatoms. The summed E-state index contributed by atoms with van der Waals surface area (Å²) in [4.78, 5) is 22.0. The molecule has 23 heavy (non-hydrogen) atoms. The lowest BCUT2D eigenvalue weighted by Gasteiger charge is -2.02. The number of aromatic hydroxyl groups is 1. The van der Waals surface area contributed by atoms with Crippen molar-refractivity contribution in [2.75, 3.05) is 7.11 Å². The molecule has 2 aromatic carbocycles. The van der Waals surface area contributed by atoms with E-state index in [9.17, 15) is 20.0 Å². The molecule has 0 unspecified atom stereocenters. The Bertz CT molecular complexity index is 756. The molecule has 0 saturated carbocycles. The summed E-state index contributed by atoms with van der Waals surface area (Å²) in [6.07, 6.45) is 1.13. The van der Waals surface area contributed by atoms with Crippen molar-refractivity contribution in [2.45, 2.75) is 0 Å². The minimum absolute atomic E-state index is 0.120. The Balaban J connectivity index is 2.07.